The third-order valence-electron chi connectivity index (χ3n) is 11.1. The number of oxime groups is 1. The van der Waals surface area contributed by atoms with Gasteiger partial charge in [0.25, 0.3) is 0 Å². The monoisotopic (exact) mass is 736 g/mol. The van der Waals surface area contributed by atoms with Crippen LogP contribution in [0.3, 0.4) is 0 Å². The maximum absolute atomic E-state index is 14.7. The minimum absolute atomic E-state index is 0.0222. The van der Waals surface area contributed by atoms with E-state index in [0.29, 0.717) is 35.1 Å². The Hall–Kier alpha value is -5.27. The molecule has 1 aromatic heterocycles. The number of rotatable bonds is 14. The highest BCUT2D eigenvalue weighted by Crippen LogP contribution is 2.39. The van der Waals surface area contributed by atoms with Crippen molar-refractivity contribution < 1.29 is 23.9 Å². The van der Waals surface area contributed by atoms with Crippen LogP contribution < -0.4 is 4.74 Å². The maximum Gasteiger partial charge on any atom is 0.332 e. The molecule has 284 valence electrons. The number of aryl methyl sites for hydroxylation is 3. The fraction of sp³-hybridized carbons (Fsp3) is 0.354. The summed E-state index contributed by atoms with van der Waals surface area (Å²) >= 11 is 0. The van der Waals surface area contributed by atoms with Gasteiger partial charge in [0.2, 0.25) is 0 Å². The molecule has 0 bridgehead atoms. The second-order valence-corrected chi connectivity index (χ2v) is 15.2. The lowest BCUT2D eigenvalue weighted by molar-refractivity contribution is -0.140. The number of carbonyl (C=O) groups is 2. The first-order valence-corrected chi connectivity index (χ1v) is 19.9. The van der Waals surface area contributed by atoms with Crippen molar-refractivity contribution in [3.63, 3.8) is 0 Å². The van der Waals surface area contributed by atoms with E-state index < -0.39 is 5.97 Å². The normalized spacial score (nSPS) is 15.2. The summed E-state index contributed by atoms with van der Waals surface area (Å²) in [5.41, 5.74) is 8.69. The molecule has 7 rings (SSSR count). The summed E-state index contributed by atoms with van der Waals surface area (Å²) < 4.78 is 14.7. The lowest BCUT2D eigenvalue weighted by Gasteiger charge is -2.19. The van der Waals surface area contributed by atoms with E-state index in [4.69, 9.17) is 14.3 Å². The number of nitrogens with zero attached hydrogens (tertiary/aromatic N) is 2. The largest absolute Gasteiger partial charge is 0.490 e. The third-order valence-corrected chi connectivity index (χ3v) is 11.1. The van der Waals surface area contributed by atoms with Crippen LogP contribution in [0.4, 0.5) is 0 Å². The molecular weight excluding hydrogens is 685 g/mol. The highest BCUT2D eigenvalue weighted by molar-refractivity contribution is 6.27. The molecule has 5 aromatic carbocycles. The second kappa shape index (κ2) is 16.6. The summed E-state index contributed by atoms with van der Waals surface area (Å²) in [6.45, 7) is 14.0. The average molecular weight is 737 g/mol. The van der Waals surface area contributed by atoms with Gasteiger partial charge in [-0.05, 0) is 92.8 Å². The fourth-order valence-corrected chi connectivity index (χ4v) is 8.45. The van der Waals surface area contributed by atoms with Crippen molar-refractivity contribution in [1.29, 1.82) is 0 Å². The van der Waals surface area contributed by atoms with Crippen molar-refractivity contribution in [2.24, 2.45) is 11.1 Å². The summed E-state index contributed by atoms with van der Waals surface area (Å²) in [6, 6.07) is 28.7. The van der Waals surface area contributed by atoms with Crippen LogP contribution in [0.1, 0.15) is 103 Å². The first-order valence-electron chi connectivity index (χ1n) is 19.9. The molecule has 55 heavy (non-hydrogen) atoms. The molecule has 1 fully saturated rings. The number of ether oxygens (including phenoxy) is 2. The van der Waals surface area contributed by atoms with Gasteiger partial charge >= 0.3 is 5.97 Å². The molecule has 0 saturated carbocycles. The standard InChI is InChI=1S/C48H52N2O5/c1-7-9-15-34(8-2)28-50-43-22-21-35(46(49-55-33(6)51)39-19-12-13-20-44(39)54-29-36-16-14-23-53-36)26-40(43)41-27-42(37-17-10-11-18-38(37)47(41)50)48(52)45-31(4)24-30(3)25-32(45)5/h10-13,17-22,24-27,34,36H,7-9,14-16,23,28-29H2,1-6H3. The number of aromatic nitrogens is 1. The Morgan fingerprint density at radius 3 is 2.33 bits per heavy atom. The second-order valence-electron chi connectivity index (χ2n) is 15.2. The quantitative estimate of drug-likeness (QED) is 0.0481. The molecule has 0 aliphatic carbocycles. The first kappa shape index (κ1) is 38.0. The van der Waals surface area contributed by atoms with Gasteiger partial charge in [-0.2, -0.15) is 0 Å². The van der Waals surface area contributed by atoms with Gasteiger partial charge in [0.05, 0.1) is 11.6 Å². The summed E-state index contributed by atoms with van der Waals surface area (Å²) in [5.74, 6) is 0.636. The minimum atomic E-state index is -0.512. The molecule has 1 aliphatic heterocycles. The van der Waals surface area contributed by atoms with Gasteiger partial charge in [-0.1, -0.05) is 98.4 Å². The summed E-state index contributed by atoms with van der Waals surface area (Å²) in [6.07, 6.45) is 6.56. The molecule has 0 spiro atoms. The molecule has 7 nitrogen and oxygen atoms in total. The number of carbonyl (C=O) groups excluding carboxylic acids is 2. The Bertz CT molecular complexity index is 2390. The van der Waals surface area contributed by atoms with Gasteiger partial charge in [0.15, 0.2) is 5.78 Å². The number of unbranched alkanes of at least 4 members (excludes halogenated alkanes) is 1. The number of para-hydroxylation sites is 1. The van der Waals surface area contributed by atoms with E-state index in [-0.39, 0.29) is 11.9 Å². The zero-order valence-corrected chi connectivity index (χ0v) is 33.0. The van der Waals surface area contributed by atoms with Crippen LogP contribution in [-0.4, -0.2) is 41.3 Å². The van der Waals surface area contributed by atoms with E-state index in [9.17, 15) is 9.59 Å². The predicted molar refractivity (Wildman–Crippen MR) is 223 cm³/mol. The topological polar surface area (TPSA) is 79.1 Å². The lowest BCUT2D eigenvalue weighted by atomic mass is 9.89. The number of hydrogen-bond acceptors (Lipinski definition) is 6. The number of ketones is 1. The summed E-state index contributed by atoms with van der Waals surface area (Å²) in [7, 11) is 0. The zero-order chi connectivity index (χ0) is 38.6. The molecule has 7 heteroatoms. The Morgan fingerprint density at radius 2 is 1.62 bits per heavy atom. The fourth-order valence-electron chi connectivity index (χ4n) is 8.45. The molecule has 2 unspecified atom stereocenters. The Kier molecular flexibility index (Phi) is 11.5. The maximum atomic E-state index is 14.7. The summed E-state index contributed by atoms with van der Waals surface area (Å²) in [5, 5.41) is 8.45. The van der Waals surface area contributed by atoms with Crippen LogP contribution in [0, 0.1) is 26.7 Å². The van der Waals surface area contributed by atoms with Crippen molar-refractivity contribution in [1.82, 2.24) is 4.57 Å². The highest BCUT2D eigenvalue weighted by Gasteiger charge is 2.25. The van der Waals surface area contributed by atoms with Gasteiger partial charge in [-0.15, -0.1) is 0 Å². The molecule has 1 aliphatic rings. The molecule has 0 radical (unpaired) electrons. The van der Waals surface area contributed by atoms with E-state index in [1.807, 2.05) is 44.2 Å². The summed E-state index contributed by atoms with van der Waals surface area (Å²) in [4.78, 5) is 32.3. The van der Waals surface area contributed by atoms with E-state index in [0.717, 1.165) is 106 Å². The Morgan fingerprint density at radius 1 is 0.873 bits per heavy atom. The lowest BCUT2D eigenvalue weighted by Crippen LogP contribution is -2.18. The van der Waals surface area contributed by atoms with E-state index in [1.165, 1.54) is 13.3 Å². The van der Waals surface area contributed by atoms with Crippen molar-refractivity contribution in [3.05, 3.63) is 124 Å². The molecule has 2 heterocycles. The molecular formula is C48H52N2O5. The first-order chi connectivity index (χ1) is 26.7. The van der Waals surface area contributed by atoms with Crippen LogP contribution in [-0.2, 0) is 20.9 Å². The van der Waals surface area contributed by atoms with Crippen molar-refractivity contribution in [2.75, 3.05) is 13.2 Å². The molecule has 6 aromatic rings. The smallest absolute Gasteiger partial charge is 0.332 e. The van der Waals surface area contributed by atoms with Crippen LogP contribution >= 0.6 is 0 Å². The van der Waals surface area contributed by atoms with Crippen LogP contribution in [0.5, 0.6) is 5.75 Å². The van der Waals surface area contributed by atoms with Gasteiger partial charge in [0, 0.05) is 64.0 Å². The molecule has 0 N–H and O–H groups in total. The number of hydrogen-bond donors (Lipinski definition) is 0. The SMILES string of the molecule is CCCCC(CC)Cn1c2ccc(C(=NOC(C)=O)c3ccccc3OCC3CCCO3)cc2c2cc(C(=O)c3c(C)cc(C)cc3C)c3ccccc3c21. The van der Waals surface area contributed by atoms with Gasteiger partial charge in [-0.3, -0.25) is 4.79 Å². The van der Waals surface area contributed by atoms with Crippen LogP contribution in [0.15, 0.2) is 90.1 Å². The van der Waals surface area contributed by atoms with Gasteiger partial charge in [-0.25, -0.2) is 4.79 Å². The number of fused-ring (bicyclic) bond motifs is 5. The number of benzene rings is 5. The average Bonchev–Trinajstić information content (AvgIpc) is 3.81. The van der Waals surface area contributed by atoms with Crippen molar-refractivity contribution in [3.8, 4) is 5.75 Å². The molecule has 1 saturated heterocycles. The van der Waals surface area contributed by atoms with Gasteiger partial charge in [0.1, 0.15) is 18.1 Å². The van der Waals surface area contributed by atoms with Crippen LogP contribution in [0.2, 0.25) is 0 Å². The van der Waals surface area contributed by atoms with Gasteiger partial charge < -0.3 is 18.9 Å². The van der Waals surface area contributed by atoms with E-state index >= 15 is 0 Å². The van der Waals surface area contributed by atoms with Crippen molar-refractivity contribution in [2.45, 2.75) is 92.7 Å². The predicted octanol–water partition coefficient (Wildman–Crippen LogP) is 11.2. The van der Waals surface area contributed by atoms with E-state index in [2.05, 4.69) is 85.1 Å². The molecule has 2 atom stereocenters. The highest BCUT2D eigenvalue weighted by atomic mass is 16.7. The van der Waals surface area contributed by atoms with Crippen LogP contribution in [0.25, 0.3) is 32.6 Å². The minimum Gasteiger partial charge on any atom is -0.490 e. The third kappa shape index (κ3) is 7.81. The zero-order valence-electron chi connectivity index (χ0n) is 33.0. The van der Waals surface area contributed by atoms with Crippen molar-refractivity contribution >= 4 is 50.0 Å². The van der Waals surface area contributed by atoms with E-state index in [1.54, 1.807) is 0 Å². The Labute approximate surface area is 324 Å². The molecule has 0 amide bonds. The Balaban J connectivity index is 1.47.